The van der Waals surface area contributed by atoms with Crippen LogP contribution in [0.4, 0.5) is 11.4 Å². The summed E-state index contributed by atoms with van der Waals surface area (Å²) in [7, 11) is 0. The van der Waals surface area contributed by atoms with E-state index in [-0.39, 0.29) is 11.3 Å². The van der Waals surface area contributed by atoms with Crippen molar-refractivity contribution in [2.24, 2.45) is 4.99 Å². The molecule has 0 amide bonds. The number of hydrogen-bond acceptors (Lipinski definition) is 6. The van der Waals surface area contributed by atoms with Crippen LogP contribution in [-0.4, -0.2) is 21.2 Å². The topological polar surface area (TPSA) is 102 Å². The maximum Gasteiger partial charge on any atom is 0.312 e. The first-order chi connectivity index (χ1) is 15.4. The zero-order chi connectivity index (χ0) is 22.8. The van der Waals surface area contributed by atoms with Crippen LogP contribution in [0.2, 0.25) is 0 Å². The Morgan fingerprint density at radius 1 is 1.22 bits per heavy atom. The van der Waals surface area contributed by atoms with E-state index in [1.54, 1.807) is 18.2 Å². The van der Waals surface area contributed by atoms with Crippen molar-refractivity contribution in [2.75, 3.05) is 0 Å². The average Bonchev–Trinajstić information content (AvgIpc) is 3.22. The molecule has 0 saturated carbocycles. The van der Waals surface area contributed by atoms with Crippen LogP contribution in [0.1, 0.15) is 37.3 Å². The van der Waals surface area contributed by atoms with Gasteiger partial charge in [-0.3, -0.25) is 15.1 Å². The molecule has 4 rings (SSSR count). The number of benzene rings is 3. The lowest BCUT2D eigenvalue weighted by Gasteiger charge is -2.07. The maximum atomic E-state index is 11.1. The van der Waals surface area contributed by atoms with Crippen molar-refractivity contribution in [2.45, 2.75) is 26.2 Å². The summed E-state index contributed by atoms with van der Waals surface area (Å²) < 4.78 is 6.38. The Kier molecular flexibility index (Phi) is 6.05. The van der Waals surface area contributed by atoms with E-state index >= 15 is 0 Å². The molecule has 0 aliphatic heterocycles. The van der Waals surface area contributed by atoms with E-state index in [2.05, 4.69) is 51.9 Å². The highest BCUT2D eigenvalue weighted by atomic mass is 79.9. The number of phenolic OH excluding ortho intramolecular Hbond substituents is 1. The predicted octanol–water partition coefficient (Wildman–Crippen LogP) is 7.14. The highest BCUT2D eigenvalue weighted by molar-refractivity contribution is 9.10. The Morgan fingerprint density at radius 2 is 1.97 bits per heavy atom. The van der Waals surface area contributed by atoms with Crippen LogP contribution >= 0.6 is 15.9 Å². The molecule has 4 aromatic rings. The number of phenols is 1. The van der Waals surface area contributed by atoms with Gasteiger partial charge in [-0.1, -0.05) is 35.8 Å². The number of rotatable bonds is 6. The van der Waals surface area contributed by atoms with Crippen molar-refractivity contribution in [1.29, 1.82) is 0 Å². The SMILES string of the molecule is CCC(C)c1ccc2oc(-c3ccc(N=Cc4cc(Br)cc([N+](=O)[O-])c4O)cc3)nc2c1. The fourth-order valence-corrected chi connectivity index (χ4v) is 3.75. The minimum atomic E-state index is -0.640. The molecule has 0 fully saturated rings. The van der Waals surface area contributed by atoms with Gasteiger partial charge in [0.1, 0.15) is 5.52 Å². The summed E-state index contributed by atoms with van der Waals surface area (Å²) in [4.78, 5) is 19.4. The molecule has 0 aliphatic carbocycles. The fraction of sp³-hybridized carbons (Fsp3) is 0.167. The maximum absolute atomic E-state index is 11.1. The van der Waals surface area contributed by atoms with E-state index in [4.69, 9.17) is 4.42 Å². The largest absolute Gasteiger partial charge is 0.502 e. The van der Waals surface area contributed by atoms with Gasteiger partial charge in [0.05, 0.1) is 10.6 Å². The Morgan fingerprint density at radius 3 is 2.66 bits per heavy atom. The molecule has 0 bridgehead atoms. The summed E-state index contributed by atoms with van der Waals surface area (Å²) in [6.45, 7) is 4.35. The second-order valence-corrected chi connectivity index (χ2v) is 8.40. The molecule has 1 N–H and O–H groups in total. The van der Waals surface area contributed by atoms with Gasteiger partial charge in [-0.2, -0.15) is 0 Å². The van der Waals surface area contributed by atoms with E-state index in [0.29, 0.717) is 22.0 Å². The number of nitro benzene ring substituents is 1. The molecule has 7 nitrogen and oxygen atoms in total. The number of aromatic hydroxyl groups is 1. The molecule has 162 valence electrons. The lowest BCUT2D eigenvalue weighted by molar-refractivity contribution is -0.385. The van der Waals surface area contributed by atoms with Crippen LogP contribution in [0.15, 0.2) is 68.5 Å². The monoisotopic (exact) mass is 493 g/mol. The van der Waals surface area contributed by atoms with Crippen molar-refractivity contribution in [1.82, 2.24) is 4.98 Å². The number of halogens is 1. The molecule has 1 aromatic heterocycles. The molecule has 3 aromatic carbocycles. The molecular formula is C24H20BrN3O4. The quantitative estimate of drug-likeness (QED) is 0.174. The van der Waals surface area contributed by atoms with Gasteiger partial charge in [0, 0.05) is 27.9 Å². The first-order valence-electron chi connectivity index (χ1n) is 10.1. The summed E-state index contributed by atoms with van der Waals surface area (Å²) in [6, 6.07) is 16.2. The van der Waals surface area contributed by atoms with Gasteiger partial charge in [0.15, 0.2) is 5.58 Å². The number of nitrogens with zero attached hydrogens (tertiary/aromatic N) is 3. The summed E-state index contributed by atoms with van der Waals surface area (Å²) in [5.74, 6) is 0.557. The van der Waals surface area contributed by atoms with E-state index < -0.39 is 10.7 Å². The zero-order valence-electron chi connectivity index (χ0n) is 17.4. The predicted molar refractivity (Wildman–Crippen MR) is 128 cm³/mol. The smallest absolute Gasteiger partial charge is 0.312 e. The van der Waals surface area contributed by atoms with Crippen LogP contribution in [0, 0.1) is 10.1 Å². The van der Waals surface area contributed by atoms with Gasteiger partial charge in [-0.05, 0) is 60.4 Å². The molecule has 32 heavy (non-hydrogen) atoms. The van der Waals surface area contributed by atoms with Crippen LogP contribution < -0.4 is 0 Å². The number of fused-ring (bicyclic) bond motifs is 1. The van der Waals surface area contributed by atoms with Crippen molar-refractivity contribution < 1.29 is 14.4 Å². The van der Waals surface area contributed by atoms with Gasteiger partial charge in [-0.25, -0.2) is 4.98 Å². The molecular weight excluding hydrogens is 474 g/mol. The molecule has 1 heterocycles. The van der Waals surface area contributed by atoms with E-state index in [1.807, 2.05) is 18.2 Å². The summed E-state index contributed by atoms with van der Waals surface area (Å²) in [6.07, 6.45) is 2.45. The third-order valence-electron chi connectivity index (χ3n) is 5.34. The van der Waals surface area contributed by atoms with Crippen LogP contribution in [-0.2, 0) is 0 Å². The fourth-order valence-electron chi connectivity index (χ4n) is 3.29. The molecule has 1 atom stereocenters. The Labute approximate surface area is 192 Å². The Balaban J connectivity index is 1.58. The molecule has 0 saturated heterocycles. The first kappa shape index (κ1) is 21.7. The summed E-state index contributed by atoms with van der Waals surface area (Å²) in [5.41, 5.74) is 4.08. The van der Waals surface area contributed by atoms with Crippen LogP contribution in [0.3, 0.4) is 0 Å². The molecule has 0 radical (unpaired) electrons. The normalized spacial score (nSPS) is 12.5. The second kappa shape index (κ2) is 8.92. The number of aromatic nitrogens is 1. The minimum absolute atomic E-state index is 0.242. The second-order valence-electron chi connectivity index (χ2n) is 7.48. The van der Waals surface area contributed by atoms with E-state index in [1.165, 1.54) is 17.8 Å². The molecule has 0 spiro atoms. The van der Waals surface area contributed by atoms with Gasteiger partial charge < -0.3 is 9.52 Å². The van der Waals surface area contributed by atoms with Crippen molar-refractivity contribution in [3.8, 4) is 17.2 Å². The third kappa shape index (κ3) is 4.40. The summed E-state index contributed by atoms with van der Waals surface area (Å²) >= 11 is 3.21. The standard InChI is InChI=1S/C24H20BrN3O4/c1-3-14(2)16-6-9-22-20(11-16)27-24(32-22)15-4-7-19(8-5-15)26-13-17-10-18(25)12-21(23(17)29)28(30)31/h4-14,29H,3H2,1-2H3. The zero-order valence-corrected chi connectivity index (χ0v) is 19.0. The van der Waals surface area contributed by atoms with Gasteiger partial charge >= 0.3 is 5.69 Å². The average molecular weight is 494 g/mol. The van der Waals surface area contributed by atoms with Crippen molar-refractivity contribution in [3.63, 3.8) is 0 Å². The number of nitro groups is 1. The lowest BCUT2D eigenvalue weighted by atomic mass is 9.98. The van der Waals surface area contributed by atoms with Crippen molar-refractivity contribution in [3.05, 3.63) is 80.3 Å². The van der Waals surface area contributed by atoms with Gasteiger partial charge in [0.2, 0.25) is 11.6 Å². The van der Waals surface area contributed by atoms with Crippen LogP contribution in [0.25, 0.3) is 22.6 Å². The summed E-state index contributed by atoms with van der Waals surface area (Å²) in [5, 5.41) is 21.2. The Hall–Kier alpha value is -3.52. The highest BCUT2D eigenvalue weighted by Gasteiger charge is 2.17. The van der Waals surface area contributed by atoms with E-state index in [0.717, 1.165) is 23.1 Å². The highest BCUT2D eigenvalue weighted by Crippen LogP contribution is 2.33. The lowest BCUT2D eigenvalue weighted by Crippen LogP contribution is -1.92. The first-order valence-corrected chi connectivity index (χ1v) is 10.9. The van der Waals surface area contributed by atoms with Gasteiger partial charge in [-0.15, -0.1) is 0 Å². The van der Waals surface area contributed by atoms with Crippen LogP contribution in [0.5, 0.6) is 5.75 Å². The number of aliphatic imine (C=N–C) groups is 1. The number of hydrogen-bond donors (Lipinski definition) is 1. The number of oxazole rings is 1. The Bertz CT molecular complexity index is 1330. The minimum Gasteiger partial charge on any atom is -0.502 e. The third-order valence-corrected chi connectivity index (χ3v) is 5.80. The molecule has 8 heteroatoms. The van der Waals surface area contributed by atoms with Crippen molar-refractivity contribution >= 4 is 44.6 Å². The van der Waals surface area contributed by atoms with E-state index in [9.17, 15) is 15.2 Å². The molecule has 1 unspecified atom stereocenters. The molecule has 0 aliphatic rings. The van der Waals surface area contributed by atoms with Gasteiger partial charge in [0.25, 0.3) is 0 Å².